The van der Waals surface area contributed by atoms with Gasteiger partial charge < -0.3 is 9.47 Å². The highest BCUT2D eigenvalue weighted by Crippen LogP contribution is 2.28. The van der Waals surface area contributed by atoms with Gasteiger partial charge in [0.1, 0.15) is 5.82 Å². The minimum atomic E-state index is -0.758. The van der Waals surface area contributed by atoms with E-state index in [0.717, 1.165) is 17.0 Å². The summed E-state index contributed by atoms with van der Waals surface area (Å²) in [7, 11) is 1.44. The average Bonchev–Trinajstić information content (AvgIpc) is 3.20. The summed E-state index contributed by atoms with van der Waals surface area (Å²) in [5.41, 5.74) is 0.601. The van der Waals surface area contributed by atoms with Crippen LogP contribution in [-0.4, -0.2) is 19.3 Å². The zero-order valence-electron chi connectivity index (χ0n) is 14.8. The zero-order chi connectivity index (χ0) is 19.9. The van der Waals surface area contributed by atoms with E-state index in [4.69, 9.17) is 9.47 Å². The highest BCUT2D eigenvalue weighted by Gasteiger charge is 2.09. The molecule has 0 saturated heterocycles. The van der Waals surface area contributed by atoms with E-state index >= 15 is 0 Å². The molecule has 0 unspecified atom stereocenters. The van der Waals surface area contributed by atoms with Crippen LogP contribution in [0.15, 0.2) is 65.0 Å². The van der Waals surface area contributed by atoms with Crippen molar-refractivity contribution in [3.63, 3.8) is 0 Å². The molecule has 28 heavy (non-hydrogen) atoms. The van der Waals surface area contributed by atoms with E-state index in [0.29, 0.717) is 11.3 Å². The monoisotopic (exact) mass is 399 g/mol. The largest absolute Gasteiger partial charge is 0.493 e. The fourth-order valence-corrected chi connectivity index (χ4v) is 2.88. The lowest BCUT2D eigenvalue weighted by Crippen LogP contribution is -2.05. The van der Waals surface area contributed by atoms with Crippen molar-refractivity contribution in [3.05, 3.63) is 82.1 Å². The number of hydrogen-bond donors (Lipinski definition) is 0. The number of ether oxygens (including phenoxy) is 2. The second kappa shape index (κ2) is 9.05. The molecule has 4 nitrogen and oxygen atoms in total. The summed E-state index contributed by atoms with van der Waals surface area (Å²) in [6.07, 6.45) is 4.40. The molecule has 3 aromatic rings. The van der Waals surface area contributed by atoms with Gasteiger partial charge >= 0.3 is 5.97 Å². The molecule has 3 rings (SSSR count). The summed E-state index contributed by atoms with van der Waals surface area (Å²) >= 11 is 1.50. The summed E-state index contributed by atoms with van der Waals surface area (Å²) in [4.78, 5) is 16.9. The van der Waals surface area contributed by atoms with Gasteiger partial charge in [-0.1, -0.05) is 6.07 Å². The van der Waals surface area contributed by atoms with Crippen LogP contribution in [0.1, 0.15) is 10.4 Å². The van der Waals surface area contributed by atoms with Crippen molar-refractivity contribution in [1.82, 2.24) is 0 Å². The molecule has 0 amide bonds. The van der Waals surface area contributed by atoms with Crippen molar-refractivity contribution in [2.24, 2.45) is 4.99 Å². The number of benzene rings is 2. The molecule has 0 bridgehead atoms. The topological polar surface area (TPSA) is 47.9 Å². The summed E-state index contributed by atoms with van der Waals surface area (Å²) in [6, 6.07) is 11.7. The van der Waals surface area contributed by atoms with Crippen molar-refractivity contribution in [2.45, 2.75) is 0 Å². The Morgan fingerprint density at radius 3 is 2.68 bits per heavy atom. The molecule has 0 spiro atoms. The molecular weight excluding hydrogens is 384 g/mol. The number of thiophene rings is 1. The molecule has 0 aliphatic carbocycles. The van der Waals surface area contributed by atoms with Gasteiger partial charge in [-0.2, -0.15) is 0 Å². The smallest absolute Gasteiger partial charge is 0.336 e. The molecule has 142 valence electrons. The maximum Gasteiger partial charge on any atom is 0.336 e. The quantitative estimate of drug-likeness (QED) is 0.241. The number of aliphatic imine (C=N–C) groups is 1. The number of nitrogens with zero attached hydrogens (tertiary/aromatic N) is 1. The lowest BCUT2D eigenvalue weighted by molar-refractivity contribution is -0.129. The van der Waals surface area contributed by atoms with E-state index in [1.165, 1.54) is 36.8 Å². The summed E-state index contributed by atoms with van der Waals surface area (Å²) in [6.45, 7) is 0. The Morgan fingerprint density at radius 1 is 1.11 bits per heavy atom. The van der Waals surface area contributed by atoms with E-state index in [9.17, 15) is 13.6 Å². The van der Waals surface area contributed by atoms with Gasteiger partial charge in [-0.05, 0) is 53.4 Å². The Bertz CT molecular complexity index is 1030. The first kappa shape index (κ1) is 19.4. The minimum Gasteiger partial charge on any atom is -0.493 e. The van der Waals surface area contributed by atoms with Gasteiger partial charge in [0.25, 0.3) is 0 Å². The Kier molecular flexibility index (Phi) is 6.29. The van der Waals surface area contributed by atoms with Gasteiger partial charge in [0.2, 0.25) is 0 Å². The third kappa shape index (κ3) is 5.11. The van der Waals surface area contributed by atoms with E-state index in [2.05, 4.69) is 4.99 Å². The number of rotatable bonds is 6. The van der Waals surface area contributed by atoms with Crippen molar-refractivity contribution >= 4 is 35.3 Å². The number of carbonyl (C=O) groups excluding carboxylic acids is 1. The molecule has 0 fully saturated rings. The highest BCUT2D eigenvalue weighted by molar-refractivity contribution is 7.10. The second-order valence-corrected chi connectivity index (χ2v) is 6.51. The van der Waals surface area contributed by atoms with Crippen LogP contribution >= 0.6 is 11.3 Å². The molecule has 0 aliphatic rings. The number of esters is 1. The van der Waals surface area contributed by atoms with Crippen molar-refractivity contribution < 1.29 is 23.0 Å². The predicted molar refractivity (Wildman–Crippen MR) is 106 cm³/mol. The number of hydrogen-bond acceptors (Lipinski definition) is 5. The van der Waals surface area contributed by atoms with Crippen LogP contribution in [0.25, 0.3) is 6.08 Å². The first-order chi connectivity index (χ1) is 13.5. The Morgan fingerprint density at radius 2 is 1.96 bits per heavy atom. The van der Waals surface area contributed by atoms with E-state index in [1.54, 1.807) is 24.3 Å². The standard InChI is InChI=1S/C21H15F2NO3S/c1-26-20-11-14(13-24-18-7-5-15(22)12-17(18)23)4-8-19(20)27-21(25)9-6-16-3-2-10-28-16/h2-13H,1H3/b9-6+,24-13?. The molecule has 7 heteroatoms. The van der Waals surface area contributed by atoms with Crippen LogP contribution < -0.4 is 9.47 Å². The van der Waals surface area contributed by atoms with Crippen LogP contribution in [0.5, 0.6) is 11.5 Å². The third-order valence-corrected chi connectivity index (χ3v) is 4.43. The normalized spacial score (nSPS) is 11.2. The van der Waals surface area contributed by atoms with Gasteiger partial charge in [-0.15, -0.1) is 11.3 Å². The second-order valence-electron chi connectivity index (χ2n) is 5.53. The Balaban J connectivity index is 1.72. The lowest BCUT2D eigenvalue weighted by atomic mass is 10.2. The first-order valence-corrected chi connectivity index (χ1v) is 9.03. The van der Waals surface area contributed by atoms with Crippen LogP contribution in [0.4, 0.5) is 14.5 Å². The molecule has 2 aromatic carbocycles. The van der Waals surface area contributed by atoms with Gasteiger partial charge in [0.05, 0.1) is 12.8 Å². The Hall–Kier alpha value is -3.32. The van der Waals surface area contributed by atoms with Crippen molar-refractivity contribution in [2.75, 3.05) is 7.11 Å². The van der Waals surface area contributed by atoms with Crippen LogP contribution in [0.2, 0.25) is 0 Å². The van der Waals surface area contributed by atoms with Gasteiger partial charge in [0, 0.05) is 23.2 Å². The molecule has 1 aromatic heterocycles. The molecular formula is C21H15F2NO3S. The SMILES string of the molecule is COc1cc(C=Nc2ccc(F)cc2F)ccc1OC(=O)/C=C/c1cccs1. The maximum atomic E-state index is 13.6. The van der Waals surface area contributed by atoms with Crippen LogP contribution in [0, 0.1) is 11.6 Å². The fourth-order valence-electron chi connectivity index (χ4n) is 2.26. The fraction of sp³-hybridized carbons (Fsp3) is 0.0476. The predicted octanol–water partition coefficient (Wildman–Crippen LogP) is 5.40. The average molecular weight is 399 g/mol. The van der Waals surface area contributed by atoms with Crippen LogP contribution in [-0.2, 0) is 4.79 Å². The lowest BCUT2D eigenvalue weighted by Gasteiger charge is -2.08. The molecule has 0 aliphatic heterocycles. The highest BCUT2D eigenvalue weighted by atomic mass is 32.1. The molecule has 0 saturated carbocycles. The van der Waals surface area contributed by atoms with Crippen molar-refractivity contribution in [3.8, 4) is 11.5 Å². The molecule has 0 radical (unpaired) electrons. The van der Waals surface area contributed by atoms with E-state index < -0.39 is 17.6 Å². The molecule has 0 atom stereocenters. The first-order valence-electron chi connectivity index (χ1n) is 8.16. The van der Waals surface area contributed by atoms with E-state index in [1.807, 2.05) is 17.5 Å². The Labute approximate surface area is 164 Å². The van der Waals surface area contributed by atoms with E-state index in [-0.39, 0.29) is 11.4 Å². The number of halogens is 2. The summed E-state index contributed by atoms with van der Waals surface area (Å²) < 4.78 is 37.1. The van der Waals surface area contributed by atoms with Gasteiger partial charge in [-0.3, -0.25) is 4.99 Å². The summed E-state index contributed by atoms with van der Waals surface area (Å²) in [5.74, 6) is -1.40. The minimum absolute atomic E-state index is 0.00888. The van der Waals surface area contributed by atoms with Gasteiger partial charge in [0.15, 0.2) is 17.3 Å². The summed E-state index contributed by atoms with van der Waals surface area (Å²) in [5, 5.41) is 1.91. The molecule has 0 N–H and O–H groups in total. The van der Waals surface area contributed by atoms with Crippen LogP contribution in [0.3, 0.4) is 0 Å². The maximum absolute atomic E-state index is 13.6. The zero-order valence-corrected chi connectivity index (χ0v) is 15.6. The van der Waals surface area contributed by atoms with Gasteiger partial charge in [-0.25, -0.2) is 13.6 Å². The third-order valence-electron chi connectivity index (χ3n) is 3.59. The van der Waals surface area contributed by atoms with Crippen molar-refractivity contribution in [1.29, 1.82) is 0 Å². The number of carbonyl (C=O) groups is 1. The number of methoxy groups -OCH3 is 1. The molecule has 1 heterocycles.